The van der Waals surface area contributed by atoms with Gasteiger partial charge in [-0.2, -0.15) is 0 Å². The van der Waals surface area contributed by atoms with Crippen LogP contribution in [-0.4, -0.2) is 11.1 Å². The van der Waals surface area contributed by atoms with Gasteiger partial charge in [-0.05, 0) is 13.8 Å². The first-order valence-corrected chi connectivity index (χ1v) is 4.27. The number of nitrogens with zero attached hydrogens (tertiary/aromatic N) is 1. The zero-order valence-corrected chi connectivity index (χ0v) is 8.76. The molecule has 0 unspecified atom stereocenters. The lowest BCUT2D eigenvalue weighted by molar-refractivity contribution is 0.228. The Balaban J connectivity index is 4.60. The third-order valence-corrected chi connectivity index (χ3v) is 1.76. The summed E-state index contributed by atoms with van der Waals surface area (Å²) in [4.78, 5) is 0. The van der Waals surface area contributed by atoms with Crippen LogP contribution in [0.4, 0.5) is 0 Å². The van der Waals surface area contributed by atoms with Gasteiger partial charge in [0.25, 0.3) is 0 Å². The van der Waals surface area contributed by atoms with Gasteiger partial charge in [-0.15, -0.1) is 0 Å². The molecule has 0 saturated carbocycles. The molecule has 0 aromatic heterocycles. The van der Waals surface area contributed by atoms with E-state index in [9.17, 15) is 0 Å². The Labute approximate surface area is 75.4 Å². The van der Waals surface area contributed by atoms with Gasteiger partial charge >= 0.3 is 0 Å². The minimum absolute atomic E-state index is 0.00771. The van der Waals surface area contributed by atoms with Crippen LogP contribution in [0.25, 0.3) is 0 Å². The number of allylic oxidation sites excluding steroid dienone is 1. The van der Waals surface area contributed by atoms with Crippen LogP contribution in [0, 0.1) is 5.41 Å². The molecule has 0 aliphatic carbocycles. The fourth-order valence-corrected chi connectivity index (χ4v) is 1.00. The minimum atomic E-state index is 0.00771. The summed E-state index contributed by atoms with van der Waals surface area (Å²) in [6, 6.07) is 0.277. The second-order valence-electron chi connectivity index (χ2n) is 4.30. The summed E-state index contributed by atoms with van der Waals surface area (Å²) in [5.74, 6) is 5.84. The van der Waals surface area contributed by atoms with Gasteiger partial charge in [0.1, 0.15) is 0 Å². The Morgan fingerprint density at radius 1 is 1.33 bits per heavy atom. The zero-order valence-electron chi connectivity index (χ0n) is 8.76. The lowest BCUT2D eigenvalue weighted by atomic mass is 9.91. The Kier molecular flexibility index (Phi) is 3.58. The Hall–Kier alpha value is -0.700. The topological polar surface area (TPSA) is 55.3 Å². The van der Waals surface area contributed by atoms with Crippen molar-refractivity contribution in [2.45, 2.75) is 40.7 Å². The largest absolute Gasteiger partial charge is 0.403 e. The molecule has 3 heteroatoms. The van der Waals surface area contributed by atoms with E-state index in [1.165, 1.54) is 0 Å². The first-order valence-electron chi connectivity index (χ1n) is 4.27. The Morgan fingerprint density at radius 2 is 1.75 bits per heavy atom. The van der Waals surface area contributed by atoms with Crippen LogP contribution in [0.1, 0.15) is 34.6 Å². The van der Waals surface area contributed by atoms with Crippen molar-refractivity contribution in [2.24, 2.45) is 17.0 Å². The summed E-state index contributed by atoms with van der Waals surface area (Å²) in [5.41, 5.74) is 6.49. The summed E-state index contributed by atoms with van der Waals surface area (Å²) >= 11 is 0. The summed E-state index contributed by atoms with van der Waals surface area (Å²) in [6.45, 7) is 10.3. The molecule has 0 atom stereocenters. The normalized spacial score (nSPS) is 13.8. The van der Waals surface area contributed by atoms with E-state index in [0.29, 0.717) is 0 Å². The second kappa shape index (κ2) is 3.81. The van der Waals surface area contributed by atoms with Crippen LogP contribution in [0.5, 0.6) is 0 Å². The molecule has 0 aliphatic heterocycles. The number of hydrogen-bond donors (Lipinski definition) is 2. The fourth-order valence-electron chi connectivity index (χ4n) is 1.00. The summed E-state index contributed by atoms with van der Waals surface area (Å²) in [7, 11) is 0. The molecule has 12 heavy (non-hydrogen) atoms. The van der Waals surface area contributed by atoms with Crippen LogP contribution in [-0.2, 0) is 0 Å². The number of hydrazine groups is 1. The summed E-state index contributed by atoms with van der Waals surface area (Å²) in [6.07, 6.45) is 1.58. The molecule has 4 N–H and O–H groups in total. The predicted molar refractivity (Wildman–Crippen MR) is 52.9 cm³/mol. The summed E-state index contributed by atoms with van der Waals surface area (Å²) < 4.78 is 0. The van der Waals surface area contributed by atoms with Gasteiger partial charge in [-0.25, -0.2) is 5.84 Å². The van der Waals surface area contributed by atoms with E-state index in [-0.39, 0.29) is 11.5 Å². The molecule has 0 spiro atoms. The van der Waals surface area contributed by atoms with Gasteiger partial charge in [0, 0.05) is 17.7 Å². The number of rotatable bonds is 2. The molecule has 0 amide bonds. The molecule has 0 bridgehead atoms. The van der Waals surface area contributed by atoms with Crippen molar-refractivity contribution in [3.63, 3.8) is 0 Å². The van der Waals surface area contributed by atoms with Crippen LogP contribution in [0.15, 0.2) is 11.9 Å². The smallest absolute Gasteiger partial charge is 0.0502 e. The molecule has 0 radical (unpaired) electrons. The van der Waals surface area contributed by atoms with Crippen LogP contribution < -0.4 is 11.6 Å². The second-order valence-corrected chi connectivity index (χ2v) is 4.30. The van der Waals surface area contributed by atoms with Crippen LogP contribution >= 0.6 is 0 Å². The van der Waals surface area contributed by atoms with Crippen molar-refractivity contribution < 1.29 is 0 Å². The first-order chi connectivity index (χ1) is 5.30. The molecule has 0 aromatic carbocycles. The first kappa shape index (κ1) is 11.3. The van der Waals surface area contributed by atoms with E-state index in [2.05, 4.69) is 20.8 Å². The minimum Gasteiger partial charge on any atom is -0.403 e. The van der Waals surface area contributed by atoms with Gasteiger partial charge < -0.3 is 10.7 Å². The average molecular weight is 171 g/mol. The maximum atomic E-state index is 5.84. The monoisotopic (exact) mass is 171 g/mol. The van der Waals surface area contributed by atoms with Crippen molar-refractivity contribution in [1.82, 2.24) is 5.01 Å². The highest BCUT2D eigenvalue weighted by Gasteiger charge is 2.22. The standard InChI is InChI=1S/C9H21N3/c1-7(2)12(11)8(6-10)9(3,4)5/h6-7H,10-11H2,1-5H3/b8-6-. The third kappa shape index (κ3) is 2.74. The van der Waals surface area contributed by atoms with E-state index in [1.54, 1.807) is 11.2 Å². The molecular formula is C9H21N3. The van der Waals surface area contributed by atoms with Crippen LogP contribution in [0.2, 0.25) is 0 Å². The maximum Gasteiger partial charge on any atom is 0.0502 e. The predicted octanol–water partition coefficient (Wildman–Crippen LogP) is 1.42. The lowest BCUT2D eigenvalue weighted by Crippen LogP contribution is -2.41. The number of nitrogens with two attached hydrogens (primary N) is 2. The van der Waals surface area contributed by atoms with E-state index >= 15 is 0 Å². The summed E-state index contributed by atoms with van der Waals surface area (Å²) in [5, 5.41) is 1.71. The SMILES string of the molecule is CC(C)N(N)/C(=C\N)C(C)(C)C. The van der Waals surface area contributed by atoms with Gasteiger partial charge in [0.2, 0.25) is 0 Å². The van der Waals surface area contributed by atoms with Gasteiger partial charge in [-0.1, -0.05) is 20.8 Å². The van der Waals surface area contributed by atoms with E-state index in [4.69, 9.17) is 11.6 Å². The highest BCUT2D eigenvalue weighted by Crippen LogP contribution is 2.26. The maximum absolute atomic E-state index is 5.84. The van der Waals surface area contributed by atoms with E-state index < -0.39 is 0 Å². The van der Waals surface area contributed by atoms with Crippen LogP contribution in [0.3, 0.4) is 0 Å². The molecular weight excluding hydrogens is 150 g/mol. The third-order valence-electron chi connectivity index (χ3n) is 1.76. The van der Waals surface area contributed by atoms with E-state index in [1.807, 2.05) is 13.8 Å². The molecule has 3 nitrogen and oxygen atoms in total. The van der Waals surface area contributed by atoms with Crippen molar-refractivity contribution in [2.75, 3.05) is 0 Å². The Morgan fingerprint density at radius 3 is 1.83 bits per heavy atom. The Bertz CT molecular complexity index is 165. The van der Waals surface area contributed by atoms with Crippen molar-refractivity contribution >= 4 is 0 Å². The molecule has 0 aromatic rings. The molecule has 0 heterocycles. The molecule has 72 valence electrons. The van der Waals surface area contributed by atoms with Crippen molar-refractivity contribution in [1.29, 1.82) is 0 Å². The molecule has 0 fully saturated rings. The van der Waals surface area contributed by atoms with E-state index in [0.717, 1.165) is 5.70 Å². The number of hydrogen-bond acceptors (Lipinski definition) is 3. The quantitative estimate of drug-likeness (QED) is 0.488. The fraction of sp³-hybridized carbons (Fsp3) is 0.778. The molecule has 0 saturated heterocycles. The van der Waals surface area contributed by atoms with Gasteiger partial charge in [-0.3, -0.25) is 0 Å². The average Bonchev–Trinajstić information content (AvgIpc) is 1.85. The molecule has 0 aliphatic rings. The zero-order chi connectivity index (χ0) is 9.94. The molecule has 0 rings (SSSR count). The van der Waals surface area contributed by atoms with Gasteiger partial charge in [0.15, 0.2) is 0 Å². The highest BCUT2D eigenvalue weighted by molar-refractivity contribution is 5.07. The van der Waals surface area contributed by atoms with Crippen molar-refractivity contribution in [3.8, 4) is 0 Å². The van der Waals surface area contributed by atoms with Crippen molar-refractivity contribution in [3.05, 3.63) is 11.9 Å². The van der Waals surface area contributed by atoms with Gasteiger partial charge in [0.05, 0.1) is 5.70 Å². The highest BCUT2D eigenvalue weighted by atomic mass is 15.4. The lowest BCUT2D eigenvalue weighted by Gasteiger charge is -2.33.